The molecule has 21 heavy (non-hydrogen) atoms. The van der Waals surface area contributed by atoms with Gasteiger partial charge in [0.15, 0.2) is 9.84 Å². The van der Waals surface area contributed by atoms with Crippen LogP contribution in [0.15, 0.2) is 15.7 Å². The number of pyridine rings is 1. The molecule has 1 atom stereocenters. The highest BCUT2D eigenvalue weighted by atomic mass is 32.2. The van der Waals surface area contributed by atoms with E-state index in [9.17, 15) is 22.8 Å². The fourth-order valence-corrected chi connectivity index (χ4v) is 4.26. The maximum atomic E-state index is 12.3. The molecule has 3 N–H and O–H groups in total. The van der Waals surface area contributed by atoms with Crippen molar-refractivity contribution in [1.82, 2.24) is 14.8 Å². The number of aromatic carboxylic acids is 1. The van der Waals surface area contributed by atoms with Crippen LogP contribution >= 0.6 is 0 Å². The molecule has 1 aliphatic rings. The first-order valence-electron chi connectivity index (χ1n) is 6.10. The van der Waals surface area contributed by atoms with Gasteiger partial charge in [-0.15, -0.1) is 0 Å². The van der Waals surface area contributed by atoms with Gasteiger partial charge in [-0.3, -0.25) is 14.7 Å². The van der Waals surface area contributed by atoms with Crippen LogP contribution in [0.3, 0.4) is 0 Å². The van der Waals surface area contributed by atoms with Crippen molar-refractivity contribution >= 4 is 26.8 Å². The highest BCUT2D eigenvalue weighted by Gasteiger charge is 2.31. The number of H-pyrrole nitrogens is 2. The molecule has 3 heterocycles. The smallest absolute Gasteiger partial charge is 0.336 e. The topological polar surface area (TPSA) is 142 Å². The summed E-state index contributed by atoms with van der Waals surface area (Å²) in [7, 11) is -3.20. The zero-order valence-corrected chi connectivity index (χ0v) is 11.4. The van der Waals surface area contributed by atoms with E-state index in [1.807, 2.05) is 0 Å². The summed E-state index contributed by atoms with van der Waals surface area (Å²) in [4.78, 5) is 37.2. The Bertz CT molecular complexity index is 964. The molecule has 1 fully saturated rings. The van der Waals surface area contributed by atoms with Crippen molar-refractivity contribution in [1.29, 1.82) is 0 Å². The summed E-state index contributed by atoms with van der Waals surface area (Å²) in [5.74, 6) is -1.61. The summed E-state index contributed by atoms with van der Waals surface area (Å²) < 4.78 is 24.1. The second-order valence-electron chi connectivity index (χ2n) is 4.95. The number of nitrogens with zero attached hydrogens (tertiary/aromatic N) is 1. The quantitative estimate of drug-likeness (QED) is 0.654. The Morgan fingerprint density at radius 2 is 2.10 bits per heavy atom. The number of carboxylic acid groups (broad SMARTS) is 1. The number of hydrogen-bond donors (Lipinski definition) is 3. The van der Waals surface area contributed by atoms with E-state index < -0.39 is 38.5 Å². The number of aromatic nitrogens is 3. The Morgan fingerprint density at radius 1 is 1.38 bits per heavy atom. The predicted molar refractivity (Wildman–Crippen MR) is 72.4 cm³/mol. The Balaban J connectivity index is 2.26. The lowest BCUT2D eigenvalue weighted by Crippen LogP contribution is -2.24. The SMILES string of the molecule is O=C(O)c1cc(=O)[nH]c2[nH]n(C3CCS(=O)(=O)C3)c(=O)c12. The van der Waals surface area contributed by atoms with Crippen LogP contribution in [-0.2, 0) is 9.84 Å². The Kier molecular flexibility index (Phi) is 2.80. The van der Waals surface area contributed by atoms with Gasteiger partial charge in [0.1, 0.15) is 5.65 Å². The zero-order valence-electron chi connectivity index (χ0n) is 10.6. The van der Waals surface area contributed by atoms with Crippen molar-refractivity contribution in [2.24, 2.45) is 0 Å². The van der Waals surface area contributed by atoms with E-state index in [0.717, 1.165) is 10.7 Å². The van der Waals surface area contributed by atoms with E-state index in [1.54, 1.807) is 0 Å². The first-order valence-corrected chi connectivity index (χ1v) is 7.92. The molecule has 9 nitrogen and oxygen atoms in total. The lowest BCUT2D eigenvalue weighted by Gasteiger charge is -2.07. The fraction of sp³-hybridized carbons (Fsp3) is 0.364. The molecular weight excluding hydrogens is 302 g/mol. The molecule has 1 aliphatic heterocycles. The summed E-state index contributed by atoms with van der Waals surface area (Å²) in [6, 6.07) is 0.246. The van der Waals surface area contributed by atoms with E-state index >= 15 is 0 Å². The Labute approximate surface area is 117 Å². The van der Waals surface area contributed by atoms with Crippen molar-refractivity contribution in [3.8, 4) is 0 Å². The van der Waals surface area contributed by atoms with Crippen LogP contribution < -0.4 is 11.1 Å². The van der Waals surface area contributed by atoms with Crippen molar-refractivity contribution < 1.29 is 18.3 Å². The van der Waals surface area contributed by atoms with Crippen LogP contribution in [0.25, 0.3) is 11.0 Å². The van der Waals surface area contributed by atoms with Gasteiger partial charge in [0.05, 0.1) is 28.5 Å². The van der Waals surface area contributed by atoms with Crippen LogP contribution in [0.4, 0.5) is 0 Å². The van der Waals surface area contributed by atoms with Crippen LogP contribution in [0.5, 0.6) is 0 Å². The summed E-state index contributed by atoms with van der Waals surface area (Å²) in [6.07, 6.45) is 0.266. The van der Waals surface area contributed by atoms with Crippen LogP contribution in [-0.4, -0.2) is 45.8 Å². The van der Waals surface area contributed by atoms with Crippen LogP contribution in [0.1, 0.15) is 22.8 Å². The second kappa shape index (κ2) is 4.32. The van der Waals surface area contributed by atoms with E-state index in [1.165, 1.54) is 0 Å². The number of sulfone groups is 1. The molecule has 0 aromatic carbocycles. The summed E-state index contributed by atoms with van der Waals surface area (Å²) in [5.41, 5.74) is -1.74. The normalized spacial score (nSPS) is 20.9. The highest BCUT2D eigenvalue weighted by molar-refractivity contribution is 7.91. The molecule has 0 spiro atoms. The molecule has 112 valence electrons. The molecule has 1 unspecified atom stereocenters. The maximum absolute atomic E-state index is 12.3. The Hall–Kier alpha value is -2.36. The predicted octanol–water partition coefficient (Wildman–Crippen LogP) is -0.924. The Morgan fingerprint density at radius 3 is 2.67 bits per heavy atom. The van der Waals surface area contributed by atoms with E-state index in [2.05, 4.69) is 10.1 Å². The number of carboxylic acids is 1. The standard InChI is InChI=1S/C11H11N3O6S/c15-7-3-6(11(17)18)8-9(12-7)13-14(10(8)16)5-1-2-21(19,20)4-5/h3,5H,1-2,4H2,(H,17,18)(H2,12,13,15). The van der Waals surface area contributed by atoms with E-state index in [-0.39, 0.29) is 29.0 Å². The summed E-state index contributed by atoms with van der Waals surface area (Å²) >= 11 is 0. The molecule has 0 bridgehead atoms. The second-order valence-corrected chi connectivity index (χ2v) is 7.17. The van der Waals surface area contributed by atoms with Crippen LogP contribution in [0.2, 0.25) is 0 Å². The molecule has 0 aliphatic carbocycles. The van der Waals surface area contributed by atoms with Gasteiger partial charge < -0.3 is 10.1 Å². The van der Waals surface area contributed by atoms with Gasteiger partial charge in [-0.25, -0.2) is 17.9 Å². The first-order chi connectivity index (χ1) is 9.78. The third-order valence-electron chi connectivity index (χ3n) is 3.51. The number of carbonyl (C=O) groups is 1. The minimum absolute atomic E-state index is 0.0193. The molecule has 2 aromatic rings. The van der Waals surface area contributed by atoms with Gasteiger partial charge in [0.2, 0.25) is 5.56 Å². The third kappa shape index (κ3) is 2.17. The van der Waals surface area contributed by atoms with Crippen molar-refractivity contribution in [2.45, 2.75) is 12.5 Å². The van der Waals surface area contributed by atoms with Crippen LogP contribution in [0, 0.1) is 0 Å². The number of rotatable bonds is 2. The number of hydrogen-bond acceptors (Lipinski definition) is 5. The van der Waals surface area contributed by atoms with E-state index in [4.69, 9.17) is 5.11 Å². The largest absolute Gasteiger partial charge is 0.478 e. The molecule has 0 saturated carbocycles. The van der Waals surface area contributed by atoms with Gasteiger partial charge >= 0.3 is 5.97 Å². The summed E-state index contributed by atoms with van der Waals surface area (Å²) in [6.45, 7) is 0. The van der Waals surface area contributed by atoms with Gasteiger partial charge in [-0.1, -0.05) is 0 Å². The lowest BCUT2D eigenvalue weighted by molar-refractivity contribution is 0.0698. The number of fused-ring (bicyclic) bond motifs is 1. The van der Waals surface area contributed by atoms with Crippen molar-refractivity contribution in [3.05, 3.63) is 32.3 Å². The molecular formula is C11H11N3O6S. The maximum Gasteiger partial charge on any atom is 0.336 e. The fourth-order valence-electron chi connectivity index (χ4n) is 2.56. The van der Waals surface area contributed by atoms with Gasteiger partial charge in [0.25, 0.3) is 5.56 Å². The van der Waals surface area contributed by atoms with Gasteiger partial charge in [0, 0.05) is 6.07 Å². The minimum Gasteiger partial charge on any atom is -0.478 e. The monoisotopic (exact) mass is 313 g/mol. The molecule has 0 amide bonds. The minimum atomic E-state index is -3.20. The van der Waals surface area contributed by atoms with Gasteiger partial charge in [-0.2, -0.15) is 0 Å². The first kappa shape index (κ1) is 13.6. The average Bonchev–Trinajstić information content (AvgIpc) is 2.89. The zero-order chi connectivity index (χ0) is 15.4. The molecule has 0 radical (unpaired) electrons. The molecule has 1 saturated heterocycles. The molecule has 10 heteroatoms. The molecule has 2 aromatic heterocycles. The van der Waals surface area contributed by atoms with Gasteiger partial charge in [-0.05, 0) is 6.42 Å². The molecule has 3 rings (SSSR count). The average molecular weight is 313 g/mol. The number of nitrogens with one attached hydrogen (secondary N) is 2. The van der Waals surface area contributed by atoms with Crippen molar-refractivity contribution in [3.63, 3.8) is 0 Å². The highest BCUT2D eigenvalue weighted by Crippen LogP contribution is 2.22. The number of aromatic amines is 2. The lowest BCUT2D eigenvalue weighted by atomic mass is 10.2. The van der Waals surface area contributed by atoms with Crippen molar-refractivity contribution in [2.75, 3.05) is 11.5 Å². The van der Waals surface area contributed by atoms with E-state index in [0.29, 0.717) is 0 Å². The summed E-state index contributed by atoms with van der Waals surface area (Å²) in [5, 5.41) is 11.5. The third-order valence-corrected chi connectivity index (χ3v) is 5.26.